The zero-order valence-corrected chi connectivity index (χ0v) is 11.3. The summed E-state index contributed by atoms with van der Waals surface area (Å²) in [6, 6.07) is 7.32. The second-order valence-corrected chi connectivity index (χ2v) is 4.29. The second-order valence-electron chi connectivity index (χ2n) is 4.29. The third kappa shape index (κ3) is 5.72. The molecule has 0 bridgehead atoms. The number of hydrogen-bond donors (Lipinski definition) is 3. The van der Waals surface area contributed by atoms with Crippen LogP contribution in [-0.2, 0) is 4.79 Å². The molecule has 1 aromatic rings. The van der Waals surface area contributed by atoms with Gasteiger partial charge >= 0.3 is 0 Å². The molecule has 0 heterocycles. The van der Waals surface area contributed by atoms with E-state index in [1.165, 1.54) is 0 Å². The maximum Gasteiger partial charge on any atom is 0.219 e. The first kappa shape index (κ1) is 15.5. The highest BCUT2D eigenvalue weighted by Gasteiger charge is 2.07. The van der Waals surface area contributed by atoms with Gasteiger partial charge in [0.25, 0.3) is 0 Å². The molecule has 5 nitrogen and oxygen atoms in total. The number of carbonyl (C=O) groups excluding carboxylic acids is 1. The van der Waals surface area contributed by atoms with Crippen LogP contribution in [0.5, 0.6) is 5.75 Å². The van der Waals surface area contributed by atoms with Crippen LogP contribution in [0.4, 0.5) is 0 Å². The van der Waals surface area contributed by atoms with E-state index in [1.807, 2.05) is 18.2 Å². The summed E-state index contributed by atoms with van der Waals surface area (Å²) in [7, 11) is 1.62. The van der Waals surface area contributed by atoms with Crippen LogP contribution in [0.15, 0.2) is 24.3 Å². The fourth-order valence-electron chi connectivity index (χ4n) is 1.68. The molecular weight excluding hydrogens is 244 g/mol. The molecule has 0 aliphatic carbocycles. The van der Waals surface area contributed by atoms with Crippen molar-refractivity contribution < 1.29 is 14.6 Å². The van der Waals surface area contributed by atoms with Crippen molar-refractivity contribution in [2.24, 2.45) is 5.73 Å². The van der Waals surface area contributed by atoms with E-state index in [-0.39, 0.29) is 5.91 Å². The Labute approximate surface area is 113 Å². The van der Waals surface area contributed by atoms with Crippen molar-refractivity contribution in [1.29, 1.82) is 0 Å². The van der Waals surface area contributed by atoms with Gasteiger partial charge in [-0.05, 0) is 37.1 Å². The van der Waals surface area contributed by atoms with Crippen LogP contribution < -0.4 is 15.8 Å². The maximum atomic E-state index is 11.0. The number of carbonyl (C=O) groups is 1. The van der Waals surface area contributed by atoms with Gasteiger partial charge in [-0.2, -0.15) is 0 Å². The summed E-state index contributed by atoms with van der Waals surface area (Å²) in [6.07, 6.45) is 1.08. The Hall–Kier alpha value is -1.59. The number of hydrogen-bond acceptors (Lipinski definition) is 4. The Morgan fingerprint density at radius 1 is 1.53 bits per heavy atom. The van der Waals surface area contributed by atoms with Gasteiger partial charge in [-0.25, -0.2) is 0 Å². The van der Waals surface area contributed by atoms with E-state index in [0.29, 0.717) is 38.2 Å². The summed E-state index contributed by atoms with van der Waals surface area (Å²) in [5, 5.41) is 12.4. The number of ether oxygens (including phenoxy) is 1. The molecule has 1 unspecified atom stereocenters. The van der Waals surface area contributed by atoms with E-state index in [9.17, 15) is 9.90 Å². The molecule has 1 rings (SSSR count). The maximum absolute atomic E-state index is 11.0. The SMILES string of the molecule is CNC(=O)CCCOc1cccc(C(O)CCN)c1. The Kier molecular flexibility index (Phi) is 6.92. The van der Waals surface area contributed by atoms with Crippen molar-refractivity contribution >= 4 is 5.91 Å². The number of aliphatic hydroxyl groups is 1. The first-order valence-electron chi connectivity index (χ1n) is 6.49. The molecule has 0 saturated heterocycles. The van der Waals surface area contributed by atoms with Crippen LogP contribution in [-0.4, -0.2) is 31.2 Å². The van der Waals surface area contributed by atoms with Gasteiger partial charge in [0, 0.05) is 13.5 Å². The summed E-state index contributed by atoms with van der Waals surface area (Å²) in [4.78, 5) is 11.0. The van der Waals surface area contributed by atoms with Crippen LogP contribution in [0.3, 0.4) is 0 Å². The van der Waals surface area contributed by atoms with Crippen molar-refractivity contribution in [3.05, 3.63) is 29.8 Å². The van der Waals surface area contributed by atoms with Gasteiger partial charge in [-0.15, -0.1) is 0 Å². The van der Waals surface area contributed by atoms with Gasteiger partial charge < -0.3 is 20.9 Å². The van der Waals surface area contributed by atoms with Gasteiger partial charge in [0.05, 0.1) is 12.7 Å². The molecule has 4 N–H and O–H groups in total. The highest BCUT2D eigenvalue weighted by Crippen LogP contribution is 2.21. The highest BCUT2D eigenvalue weighted by molar-refractivity contribution is 5.75. The highest BCUT2D eigenvalue weighted by atomic mass is 16.5. The largest absolute Gasteiger partial charge is 0.494 e. The predicted octanol–water partition coefficient (Wildman–Crippen LogP) is 0.974. The first-order valence-corrected chi connectivity index (χ1v) is 6.49. The molecule has 0 radical (unpaired) electrons. The lowest BCUT2D eigenvalue weighted by atomic mass is 10.1. The van der Waals surface area contributed by atoms with Gasteiger partial charge in [-0.3, -0.25) is 4.79 Å². The third-order valence-electron chi connectivity index (χ3n) is 2.78. The van der Waals surface area contributed by atoms with E-state index in [2.05, 4.69) is 5.32 Å². The summed E-state index contributed by atoms with van der Waals surface area (Å²) in [6.45, 7) is 0.919. The number of nitrogens with two attached hydrogens (primary N) is 1. The molecular formula is C14H22N2O3. The van der Waals surface area contributed by atoms with Crippen LogP contribution in [0, 0.1) is 0 Å². The van der Waals surface area contributed by atoms with Crippen molar-refractivity contribution in [1.82, 2.24) is 5.32 Å². The molecule has 0 fully saturated rings. The lowest BCUT2D eigenvalue weighted by Gasteiger charge is -2.12. The quantitative estimate of drug-likeness (QED) is 0.612. The zero-order chi connectivity index (χ0) is 14.1. The molecule has 0 saturated carbocycles. The molecule has 0 aromatic heterocycles. The number of rotatable bonds is 8. The van der Waals surface area contributed by atoms with Crippen molar-refractivity contribution in [2.45, 2.75) is 25.4 Å². The summed E-state index contributed by atoms with van der Waals surface area (Å²) < 4.78 is 5.55. The van der Waals surface area contributed by atoms with E-state index in [1.54, 1.807) is 13.1 Å². The van der Waals surface area contributed by atoms with E-state index < -0.39 is 6.10 Å². The Balaban J connectivity index is 2.42. The minimum Gasteiger partial charge on any atom is -0.494 e. The van der Waals surface area contributed by atoms with Gasteiger partial charge in [0.15, 0.2) is 0 Å². The zero-order valence-electron chi connectivity index (χ0n) is 11.3. The Bertz CT molecular complexity index is 396. The van der Waals surface area contributed by atoms with Crippen LogP contribution >= 0.6 is 0 Å². The fourth-order valence-corrected chi connectivity index (χ4v) is 1.68. The minimum absolute atomic E-state index is 0.00992. The standard InChI is InChI=1S/C14H22N2O3/c1-16-14(18)6-3-9-19-12-5-2-4-11(10-12)13(17)7-8-15/h2,4-5,10,13,17H,3,6-9,15H2,1H3,(H,16,18). The monoisotopic (exact) mass is 266 g/mol. The minimum atomic E-state index is -0.556. The van der Waals surface area contributed by atoms with E-state index in [4.69, 9.17) is 10.5 Å². The Morgan fingerprint density at radius 2 is 2.32 bits per heavy atom. The Morgan fingerprint density at radius 3 is 3.00 bits per heavy atom. The van der Waals surface area contributed by atoms with Crippen LogP contribution in [0.25, 0.3) is 0 Å². The summed E-state index contributed by atoms with van der Waals surface area (Å²) in [5.41, 5.74) is 6.22. The molecule has 0 aliphatic heterocycles. The third-order valence-corrected chi connectivity index (χ3v) is 2.78. The average Bonchev–Trinajstić information content (AvgIpc) is 2.44. The summed E-state index contributed by atoms with van der Waals surface area (Å²) in [5.74, 6) is 0.709. The molecule has 106 valence electrons. The molecule has 0 spiro atoms. The van der Waals surface area contributed by atoms with Crippen molar-refractivity contribution in [2.75, 3.05) is 20.2 Å². The molecule has 1 aromatic carbocycles. The summed E-state index contributed by atoms with van der Waals surface area (Å²) >= 11 is 0. The number of nitrogens with one attached hydrogen (secondary N) is 1. The lowest BCUT2D eigenvalue weighted by molar-refractivity contribution is -0.120. The topological polar surface area (TPSA) is 84.6 Å². The first-order chi connectivity index (χ1) is 9.17. The normalized spacial score (nSPS) is 11.9. The average molecular weight is 266 g/mol. The smallest absolute Gasteiger partial charge is 0.219 e. The van der Waals surface area contributed by atoms with Crippen molar-refractivity contribution in [3.8, 4) is 5.75 Å². The number of aliphatic hydroxyl groups excluding tert-OH is 1. The van der Waals surface area contributed by atoms with Gasteiger partial charge in [-0.1, -0.05) is 12.1 Å². The fraction of sp³-hybridized carbons (Fsp3) is 0.500. The van der Waals surface area contributed by atoms with E-state index >= 15 is 0 Å². The molecule has 1 atom stereocenters. The molecule has 5 heteroatoms. The van der Waals surface area contributed by atoms with Gasteiger partial charge in [0.1, 0.15) is 5.75 Å². The van der Waals surface area contributed by atoms with Crippen LogP contribution in [0.1, 0.15) is 30.9 Å². The van der Waals surface area contributed by atoms with Gasteiger partial charge in [0.2, 0.25) is 5.91 Å². The van der Waals surface area contributed by atoms with Crippen molar-refractivity contribution in [3.63, 3.8) is 0 Å². The number of benzene rings is 1. The number of amides is 1. The predicted molar refractivity (Wildman–Crippen MR) is 73.9 cm³/mol. The molecule has 19 heavy (non-hydrogen) atoms. The lowest BCUT2D eigenvalue weighted by Crippen LogP contribution is -2.18. The molecule has 0 aliphatic rings. The van der Waals surface area contributed by atoms with E-state index in [0.717, 1.165) is 5.56 Å². The van der Waals surface area contributed by atoms with Crippen LogP contribution in [0.2, 0.25) is 0 Å². The molecule has 1 amide bonds. The second kappa shape index (κ2) is 8.50.